The van der Waals surface area contributed by atoms with Gasteiger partial charge < -0.3 is 9.72 Å². The van der Waals surface area contributed by atoms with Crippen LogP contribution >= 0.6 is 11.8 Å². The summed E-state index contributed by atoms with van der Waals surface area (Å²) >= 11 is 1.43. The summed E-state index contributed by atoms with van der Waals surface area (Å²) in [5.74, 6) is 0.375. The molecule has 1 atom stereocenters. The van der Waals surface area contributed by atoms with Gasteiger partial charge in [0.1, 0.15) is 0 Å². The predicted molar refractivity (Wildman–Crippen MR) is 85.3 cm³/mol. The first kappa shape index (κ1) is 15.6. The summed E-state index contributed by atoms with van der Waals surface area (Å²) in [6, 6.07) is 7.64. The summed E-state index contributed by atoms with van der Waals surface area (Å²) in [5, 5.41) is 0.547. The van der Waals surface area contributed by atoms with Crippen molar-refractivity contribution in [1.82, 2.24) is 9.97 Å². The summed E-state index contributed by atoms with van der Waals surface area (Å²) in [7, 11) is 0. The van der Waals surface area contributed by atoms with Crippen LogP contribution in [0.15, 0.2) is 39.1 Å². The minimum atomic E-state index is -0.199. The molecule has 1 unspecified atom stereocenters. The molecule has 0 spiro atoms. The minimum Gasteiger partial charge on any atom is -0.474 e. The Morgan fingerprint density at radius 2 is 1.90 bits per heavy atom. The number of hydrogen-bond donors (Lipinski definition) is 1. The van der Waals surface area contributed by atoms with Crippen molar-refractivity contribution < 1.29 is 4.74 Å². The molecule has 0 aliphatic rings. The number of nitrogens with zero attached hydrogens (tertiary/aromatic N) is 1. The van der Waals surface area contributed by atoms with Crippen LogP contribution < -0.4 is 10.3 Å². The average Bonchev–Trinajstić information content (AvgIpc) is 2.36. The Bertz CT molecular complexity index is 662. The zero-order chi connectivity index (χ0) is 15.4. The number of aromatic amines is 1. The lowest BCUT2D eigenvalue weighted by molar-refractivity contribution is 0.206. The number of aryl methyl sites for hydroxylation is 2. The molecular weight excluding hydrogens is 284 g/mol. The van der Waals surface area contributed by atoms with Crippen LogP contribution in [-0.4, -0.2) is 16.1 Å². The standard InChI is InChI=1S/C16H20N2O2S/c1-5-12(4)20-15-9-14(19)17-16(18-15)21-13-7-10(2)6-11(3)8-13/h6-9,12H,5H2,1-4H3,(H,17,18,19). The predicted octanol–water partition coefficient (Wildman–Crippen LogP) is 3.72. The normalized spacial score (nSPS) is 12.2. The maximum Gasteiger partial charge on any atom is 0.255 e. The van der Waals surface area contributed by atoms with Gasteiger partial charge in [-0.05, 0) is 50.5 Å². The zero-order valence-corrected chi connectivity index (χ0v) is 13.6. The Kier molecular flexibility index (Phi) is 5.07. The molecule has 0 saturated heterocycles. The third-order valence-electron chi connectivity index (χ3n) is 3.00. The molecule has 1 aromatic carbocycles. The van der Waals surface area contributed by atoms with E-state index < -0.39 is 0 Å². The molecule has 0 aliphatic carbocycles. The maximum atomic E-state index is 11.7. The Balaban J connectivity index is 2.25. The third kappa shape index (κ3) is 4.63. The number of ether oxygens (including phenoxy) is 1. The highest BCUT2D eigenvalue weighted by Crippen LogP contribution is 2.26. The van der Waals surface area contributed by atoms with Crippen molar-refractivity contribution in [3.05, 3.63) is 45.7 Å². The van der Waals surface area contributed by atoms with Crippen LogP contribution in [0.25, 0.3) is 0 Å². The van der Waals surface area contributed by atoms with Gasteiger partial charge in [-0.2, -0.15) is 4.98 Å². The van der Waals surface area contributed by atoms with Gasteiger partial charge in [-0.15, -0.1) is 0 Å². The molecule has 2 aromatic rings. The molecule has 1 heterocycles. The van der Waals surface area contributed by atoms with E-state index >= 15 is 0 Å². The van der Waals surface area contributed by atoms with E-state index in [0.717, 1.165) is 11.3 Å². The molecular formula is C16H20N2O2S. The van der Waals surface area contributed by atoms with E-state index in [1.54, 1.807) is 0 Å². The maximum absolute atomic E-state index is 11.7. The van der Waals surface area contributed by atoms with Crippen LogP contribution in [0.5, 0.6) is 5.88 Å². The highest BCUT2D eigenvalue weighted by Gasteiger charge is 2.08. The average molecular weight is 304 g/mol. The Hall–Kier alpha value is -1.75. The van der Waals surface area contributed by atoms with Gasteiger partial charge in [0.05, 0.1) is 12.2 Å². The van der Waals surface area contributed by atoms with Crippen LogP contribution in [0.3, 0.4) is 0 Å². The van der Waals surface area contributed by atoms with E-state index in [1.165, 1.54) is 29.0 Å². The van der Waals surface area contributed by atoms with Gasteiger partial charge in [-0.1, -0.05) is 24.8 Å². The molecule has 4 nitrogen and oxygen atoms in total. The third-order valence-corrected chi connectivity index (χ3v) is 3.86. The molecule has 0 aliphatic heterocycles. The van der Waals surface area contributed by atoms with E-state index in [1.807, 2.05) is 13.8 Å². The van der Waals surface area contributed by atoms with Crippen LogP contribution in [0.1, 0.15) is 31.4 Å². The zero-order valence-electron chi connectivity index (χ0n) is 12.8. The van der Waals surface area contributed by atoms with Crippen LogP contribution in [0.2, 0.25) is 0 Å². The quantitative estimate of drug-likeness (QED) is 0.855. The lowest BCUT2D eigenvalue weighted by Crippen LogP contribution is -2.15. The molecule has 5 heteroatoms. The van der Waals surface area contributed by atoms with Crippen molar-refractivity contribution in [1.29, 1.82) is 0 Å². The summed E-state index contributed by atoms with van der Waals surface area (Å²) in [5.41, 5.74) is 2.17. The van der Waals surface area contributed by atoms with Gasteiger partial charge >= 0.3 is 0 Å². The second-order valence-electron chi connectivity index (χ2n) is 5.15. The van der Waals surface area contributed by atoms with Gasteiger partial charge in [-0.25, -0.2) is 0 Å². The summed E-state index contributed by atoms with van der Waals surface area (Å²) in [4.78, 5) is 19.9. The van der Waals surface area contributed by atoms with Crippen molar-refractivity contribution in [2.75, 3.05) is 0 Å². The van der Waals surface area contributed by atoms with Gasteiger partial charge in [0, 0.05) is 4.90 Å². The lowest BCUT2D eigenvalue weighted by Gasteiger charge is -2.11. The Labute approximate surface area is 129 Å². The van der Waals surface area contributed by atoms with Gasteiger partial charge in [-0.3, -0.25) is 4.79 Å². The van der Waals surface area contributed by atoms with Crippen molar-refractivity contribution in [3.8, 4) is 5.88 Å². The number of nitrogens with one attached hydrogen (secondary N) is 1. The molecule has 0 radical (unpaired) electrons. The summed E-state index contributed by atoms with van der Waals surface area (Å²) in [6.07, 6.45) is 0.909. The van der Waals surface area contributed by atoms with Crippen molar-refractivity contribution in [3.63, 3.8) is 0 Å². The topological polar surface area (TPSA) is 55.0 Å². The highest BCUT2D eigenvalue weighted by atomic mass is 32.2. The van der Waals surface area contributed by atoms with Gasteiger partial charge in [0.2, 0.25) is 5.88 Å². The fourth-order valence-electron chi connectivity index (χ4n) is 1.92. The fraction of sp³-hybridized carbons (Fsp3) is 0.375. The minimum absolute atomic E-state index is 0.0402. The largest absolute Gasteiger partial charge is 0.474 e. The summed E-state index contributed by atoms with van der Waals surface area (Å²) < 4.78 is 5.63. The fourth-order valence-corrected chi connectivity index (χ4v) is 2.92. The second kappa shape index (κ2) is 6.80. The van der Waals surface area contributed by atoms with Crippen LogP contribution in [0, 0.1) is 13.8 Å². The first-order valence-electron chi connectivity index (χ1n) is 7.00. The monoisotopic (exact) mass is 304 g/mol. The van der Waals surface area contributed by atoms with Crippen molar-refractivity contribution >= 4 is 11.8 Å². The number of aromatic nitrogens is 2. The van der Waals surface area contributed by atoms with Crippen LogP contribution in [-0.2, 0) is 0 Å². The Morgan fingerprint density at radius 3 is 2.52 bits per heavy atom. The van der Waals surface area contributed by atoms with E-state index in [0.29, 0.717) is 11.0 Å². The molecule has 0 saturated carbocycles. The van der Waals surface area contributed by atoms with E-state index in [4.69, 9.17) is 4.74 Å². The van der Waals surface area contributed by atoms with Crippen LogP contribution in [0.4, 0.5) is 0 Å². The van der Waals surface area contributed by atoms with E-state index in [2.05, 4.69) is 42.0 Å². The van der Waals surface area contributed by atoms with Crippen molar-refractivity contribution in [2.24, 2.45) is 0 Å². The van der Waals surface area contributed by atoms with Gasteiger partial charge in [0.25, 0.3) is 5.56 Å². The highest BCUT2D eigenvalue weighted by molar-refractivity contribution is 7.99. The SMILES string of the molecule is CCC(C)Oc1cc(=O)[nH]c(Sc2cc(C)cc(C)c2)n1. The van der Waals surface area contributed by atoms with E-state index in [-0.39, 0.29) is 11.7 Å². The molecule has 21 heavy (non-hydrogen) atoms. The number of benzene rings is 1. The molecule has 1 aromatic heterocycles. The second-order valence-corrected chi connectivity index (χ2v) is 6.21. The molecule has 0 bridgehead atoms. The van der Waals surface area contributed by atoms with Crippen molar-refractivity contribution in [2.45, 2.75) is 50.3 Å². The molecule has 2 rings (SSSR count). The first-order valence-corrected chi connectivity index (χ1v) is 7.82. The number of hydrogen-bond acceptors (Lipinski definition) is 4. The van der Waals surface area contributed by atoms with Gasteiger partial charge in [0.15, 0.2) is 5.16 Å². The molecule has 112 valence electrons. The first-order chi connectivity index (χ1) is 9.96. The summed E-state index contributed by atoms with van der Waals surface area (Å²) in [6.45, 7) is 8.09. The molecule has 0 fully saturated rings. The van der Waals surface area contributed by atoms with E-state index in [9.17, 15) is 4.79 Å². The smallest absolute Gasteiger partial charge is 0.255 e. The number of rotatable bonds is 5. The number of H-pyrrole nitrogens is 1. The lowest BCUT2D eigenvalue weighted by atomic mass is 10.2. The Morgan fingerprint density at radius 1 is 1.24 bits per heavy atom. The molecule has 1 N–H and O–H groups in total. The molecule has 0 amide bonds.